The summed E-state index contributed by atoms with van der Waals surface area (Å²) in [5.74, 6) is 0.766. The topological polar surface area (TPSA) is 57.0 Å². The predicted molar refractivity (Wildman–Crippen MR) is 89.4 cm³/mol. The standard InChI is InChI=1S/C15H21N3O2S2/c1-11(6-7-14(19)20-3)22-15-17-16-12(2)18(15)9-8-13-5-4-10-21-13/h4-5,10-11H,6-9H2,1-3H3/t11-/m1/s1. The van der Waals surface area contributed by atoms with Gasteiger partial charge in [0.2, 0.25) is 0 Å². The Hall–Kier alpha value is -1.34. The highest BCUT2D eigenvalue weighted by molar-refractivity contribution is 7.99. The van der Waals surface area contributed by atoms with Crippen molar-refractivity contribution in [1.29, 1.82) is 0 Å². The number of esters is 1. The van der Waals surface area contributed by atoms with Crippen LogP contribution in [0.1, 0.15) is 30.5 Å². The van der Waals surface area contributed by atoms with Crippen LogP contribution in [0.5, 0.6) is 0 Å². The molecule has 0 N–H and O–H groups in total. The van der Waals surface area contributed by atoms with Gasteiger partial charge in [-0.15, -0.1) is 21.5 Å². The first-order chi connectivity index (χ1) is 10.6. The van der Waals surface area contributed by atoms with Crippen molar-refractivity contribution in [2.75, 3.05) is 7.11 Å². The molecule has 1 atom stereocenters. The van der Waals surface area contributed by atoms with Crippen LogP contribution in [0, 0.1) is 6.92 Å². The van der Waals surface area contributed by atoms with Crippen LogP contribution in [0.3, 0.4) is 0 Å². The Morgan fingerprint density at radius 3 is 3.00 bits per heavy atom. The maximum Gasteiger partial charge on any atom is 0.305 e. The number of hydrogen-bond donors (Lipinski definition) is 0. The number of carbonyl (C=O) groups excluding carboxylic acids is 1. The molecule has 0 bridgehead atoms. The fourth-order valence-corrected chi connectivity index (χ4v) is 3.78. The van der Waals surface area contributed by atoms with Crippen LogP contribution < -0.4 is 0 Å². The Morgan fingerprint density at radius 1 is 1.50 bits per heavy atom. The molecule has 2 heterocycles. The molecule has 2 aromatic rings. The number of thiophene rings is 1. The molecule has 0 aromatic carbocycles. The van der Waals surface area contributed by atoms with E-state index in [9.17, 15) is 4.79 Å². The predicted octanol–water partition coefficient (Wildman–Crippen LogP) is 3.32. The zero-order valence-electron chi connectivity index (χ0n) is 13.1. The average molecular weight is 339 g/mol. The third-order valence-corrected chi connectivity index (χ3v) is 5.44. The van der Waals surface area contributed by atoms with Crippen molar-refractivity contribution in [3.05, 3.63) is 28.2 Å². The SMILES string of the molecule is COC(=O)CC[C@@H](C)Sc1nnc(C)n1CCc1cccs1. The van der Waals surface area contributed by atoms with Crippen molar-refractivity contribution in [2.24, 2.45) is 0 Å². The summed E-state index contributed by atoms with van der Waals surface area (Å²) in [7, 11) is 1.42. The Kier molecular flexibility index (Phi) is 6.45. The Balaban J connectivity index is 1.92. The van der Waals surface area contributed by atoms with Crippen molar-refractivity contribution in [2.45, 2.75) is 50.1 Å². The third-order valence-electron chi connectivity index (χ3n) is 3.35. The molecule has 5 nitrogen and oxygen atoms in total. The minimum Gasteiger partial charge on any atom is -0.469 e. The van der Waals surface area contributed by atoms with Gasteiger partial charge in [-0.1, -0.05) is 24.8 Å². The molecule has 7 heteroatoms. The second kappa shape index (κ2) is 8.33. The first-order valence-corrected chi connectivity index (χ1v) is 9.01. The minimum absolute atomic E-state index is 0.164. The first kappa shape index (κ1) is 17.0. The smallest absolute Gasteiger partial charge is 0.305 e. The highest BCUT2D eigenvalue weighted by atomic mass is 32.2. The molecule has 0 saturated heterocycles. The summed E-state index contributed by atoms with van der Waals surface area (Å²) < 4.78 is 6.83. The monoisotopic (exact) mass is 339 g/mol. The zero-order valence-corrected chi connectivity index (χ0v) is 14.7. The Labute approximate surface area is 139 Å². The van der Waals surface area contributed by atoms with Crippen LogP contribution in [-0.4, -0.2) is 33.1 Å². The number of ether oxygens (including phenoxy) is 1. The van der Waals surface area contributed by atoms with E-state index in [1.54, 1.807) is 23.1 Å². The van der Waals surface area contributed by atoms with Gasteiger partial charge in [0.1, 0.15) is 5.82 Å². The number of rotatable bonds is 8. The Bertz CT molecular complexity index is 596. The molecule has 2 rings (SSSR count). The highest BCUT2D eigenvalue weighted by Gasteiger charge is 2.14. The molecule has 2 aromatic heterocycles. The average Bonchev–Trinajstić information content (AvgIpc) is 3.13. The van der Waals surface area contributed by atoms with Gasteiger partial charge in [0.25, 0.3) is 0 Å². The van der Waals surface area contributed by atoms with Gasteiger partial charge < -0.3 is 9.30 Å². The largest absolute Gasteiger partial charge is 0.469 e. The summed E-state index contributed by atoms with van der Waals surface area (Å²) in [6.45, 7) is 4.96. The van der Waals surface area contributed by atoms with Gasteiger partial charge in [-0.05, 0) is 31.2 Å². The van der Waals surface area contributed by atoms with E-state index in [0.29, 0.717) is 11.7 Å². The first-order valence-electron chi connectivity index (χ1n) is 7.25. The molecule has 0 saturated carbocycles. The van der Waals surface area contributed by atoms with E-state index < -0.39 is 0 Å². The molecule has 0 aliphatic heterocycles. The lowest BCUT2D eigenvalue weighted by Crippen LogP contribution is -2.08. The van der Waals surface area contributed by atoms with E-state index in [1.807, 2.05) is 6.92 Å². The zero-order chi connectivity index (χ0) is 15.9. The van der Waals surface area contributed by atoms with Gasteiger partial charge in [0, 0.05) is 23.1 Å². The molecule has 22 heavy (non-hydrogen) atoms. The molecule has 0 amide bonds. The van der Waals surface area contributed by atoms with Gasteiger partial charge in [-0.25, -0.2) is 0 Å². The van der Waals surface area contributed by atoms with E-state index in [0.717, 1.165) is 30.4 Å². The maximum absolute atomic E-state index is 11.2. The summed E-state index contributed by atoms with van der Waals surface area (Å²) >= 11 is 3.44. The van der Waals surface area contributed by atoms with Gasteiger partial charge >= 0.3 is 5.97 Å². The maximum atomic E-state index is 11.2. The van der Waals surface area contributed by atoms with E-state index in [1.165, 1.54) is 12.0 Å². The van der Waals surface area contributed by atoms with Crippen molar-refractivity contribution in [3.8, 4) is 0 Å². The van der Waals surface area contributed by atoms with Crippen LogP contribution in [0.4, 0.5) is 0 Å². The lowest BCUT2D eigenvalue weighted by molar-refractivity contribution is -0.140. The molecular weight excluding hydrogens is 318 g/mol. The van der Waals surface area contributed by atoms with E-state index >= 15 is 0 Å². The summed E-state index contributed by atoms with van der Waals surface area (Å²) in [6, 6.07) is 4.22. The molecule has 0 spiro atoms. The van der Waals surface area contributed by atoms with E-state index in [2.05, 4.69) is 43.9 Å². The molecule has 0 aliphatic carbocycles. The van der Waals surface area contributed by atoms with E-state index in [-0.39, 0.29) is 5.97 Å². The number of carbonyl (C=O) groups is 1. The van der Waals surface area contributed by atoms with Crippen molar-refractivity contribution in [1.82, 2.24) is 14.8 Å². The fraction of sp³-hybridized carbons (Fsp3) is 0.533. The number of nitrogens with zero attached hydrogens (tertiary/aromatic N) is 3. The van der Waals surface area contributed by atoms with Crippen molar-refractivity contribution >= 4 is 29.1 Å². The van der Waals surface area contributed by atoms with Gasteiger partial charge in [0.05, 0.1) is 7.11 Å². The van der Waals surface area contributed by atoms with E-state index in [4.69, 9.17) is 0 Å². The van der Waals surface area contributed by atoms with Gasteiger partial charge in [0.15, 0.2) is 5.16 Å². The van der Waals surface area contributed by atoms with Crippen LogP contribution in [0.2, 0.25) is 0 Å². The van der Waals surface area contributed by atoms with Crippen LogP contribution in [0.15, 0.2) is 22.7 Å². The van der Waals surface area contributed by atoms with Gasteiger partial charge in [-0.3, -0.25) is 4.79 Å². The minimum atomic E-state index is -0.164. The quantitative estimate of drug-likeness (QED) is 0.545. The Morgan fingerprint density at radius 2 is 2.32 bits per heavy atom. The molecule has 0 fully saturated rings. The third kappa shape index (κ3) is 4.84. The summed E-state index contributed by atoms with van der Waals surface area (Å²) in [4.78, 5) is 12.6. The number of aryl methyl sites for hydroxylation is 2. The summed E-state index contributed by atoms with van der Waals surface area (Å²) in [5.41, 5.74) is 0. The summed E-state index contributed by atoms with van der Waals surface area (Å²) in [5, 5.41) is 11.8. The van der Waals surface area contributed by atoms with Gasteiger partial charge in [-0.2, -0.15) is 0 Å². The lowest BCUT2D eigenvalue weighted by Gasteiger charge is -2.12. The second-order valence-corrected chi connectivity index (χ2v) is 7.49. The number of hydrogen-bond acceptors (Lipinski definition) is 6. The van der Waals surface area contributed by atoms with Crippen molar-refractivity contribution in [3.63, 3.8) is 0 Å². The van der Waals surface area contributed by atoms with Crippen molar-refractivity contribution < 1.29 is 9.53 Å². The molecule has 0 aliphatic rings. The molecular formula is C15H21N3O2S2. The highest BCUT2D eigenvalue weighted by Crippen LogP contribution is 2.25. The molecule has 120 valence electrons. The molecule has 0 unspecified atom stereocenters. The second-order valence-electron chi connectivity index (χ2n) is 5.05. The lowest BCUT2D eigenvalue weighted by atomic mass is 10.2. The van der Waals surface area contributed by atoms with Crippen LogP contribution in [0.25, 0.3) is 0 Å². The molecule has 0 radical (unpaired) electrons. The summed E-state index contributed by atoms with van der Waals surface area (Å²) in [6.07, 6.45) is 2.20. The van der Waals surface area contributed by atoms with Crippen LogP contribution >= 0.6 is 23.1 Å². The van der Waals surface area contributed by atoms with Crippen LogP contribution in [-0.2, 0) is 22.5 Å². The fourth-order valence-electron chi connectivity index (χ4n) is 2.05. The normalized spacial score (nSPS) is 12.3. The number of methoxy groups -OCH3 is 1. The number of thioether (sulfide) groups is 1. The number of aromatic nitrogens is 3.